The summed E-state index contributed by atoms with van der Waals surface area (Å²) in [5, 5.41) is 2.94. The van der Waals surface area contributed by atoms with E-state index in [1.807, 2.05) is 13.8 Å². The van der Waals surface area contributed by atoms with Crippen LogP contribution >= 0.6 is 0 Å². The molecule has 0 spiro atoms. The average molecular weight is 228 g/mol. The van der Waals surface area contributed by atoms with Gasteiger partial charge < -0.3 is 15.0 Å². The van der Waals surface area contributed by atoms with Crippen molar-refractivity contribution in [1.82, 2.24) is 10.2 Å². The fraction of sp³-hybridized carbons (Fsp3) is 0.917. The van der Waals surface area contributed by atoms with E-state index in [-0.39, 0.29) is 17.9 Å². The van der Waals surface area contributed by atoms with Crippen molar-refractivity contribution < 1.29 is 9.53 Å². The van der Waals surface area contributed by atoms with E-state index >= 15 is 0 Å². The Morgan fingerprint density at radius 3 is 2.62 bits per heavy atom. The van der Waals surface area contributed by atoms with E-state index in [0.717, 1.165) is 25.9 Å². The van der Waals surface area contributed by atoms with Crippen molar-refractivity contribution in [2.24, 2.45) is 5.92 Å². The summed E-state index contributed by atoms with van der Waals surface area (Å²) in [5.41, 5.74) is 0. The zero-order valence-corrected chi connectivity index (χ0v) is 10.7. The second-order valence-corrected chi connectivity index (χ2v) is 4.79. The lowest BCUT2D eigenvalue weighted by atomic mass is 9.96. The summed E-state index contributed by atoms with van der Waals surface area (Å²) in [6, 6.07) is 0. The van der Waals surface area contributed by atoms with E-state index in [2.05, 4.69) is 17.3 Å². The van der Waals surface area contributed by atoms with Gasteiger partial charge in [0.2, 0.25) is 5.91 Å². The lowest BCUT2D eigenvalue weighted by Gasteiger charge is -2.28. The molecule has 0 unspecified atom stereocenters. The van der Waals surface area contributed by atoms with Gasteiger partial charge in [0.15, 0.2) is 0 Å². The summed E-state index contributed by atoms with van der Waals surface area (Å²) in [6.45, 7) is 7.29. The van der Waals surface area contributed by atoms with E-state index < -0.39 is 0 Å². The maximum atomic E-state index is 11.8. The Balaban J connectivity index is 2.10. The Bertz CT molecular complexity index is 211. The molecule has 4 nitrogen and oxygen atoms in total. The molecule has 1 aliphatic heterocycles. The monoisotopic (exact) mass is 228 g/mol. The topological polar surface area (TPSA) is 41.6 Å². The Morgan fingerprint density at radius 2 is 2.06 bits per heavy atom. The van der Waals surface area contributed by atoms with Crippen LogP contribution in [0, 0.1) is 5.92 Å². The van der Waals surface area contributed by atoms with Crippen LogP contribution in [-0.4, -0.2) is 50.2 Å². The van der Waals surface area contributed by atoms with Crippen molar-refractivity contribution >= 4 is 5.91 Å². The highest BCUT2D eigenvalue weighted by atomic mass is 16.5. The molecular formula is C12H24N2O2. The number of carbonyl (C=O) groups excluding carboxylic acids is 1. The zero-order chi connectivity index (χ0) is 12.0. The summed E-state index contributed by atoms with van der Waals surface area (Å²) in [7, 11) is 2.10. The van der Waals surface area contributed by atoms with Crippen LogP contribution in [0.15, 0.2) is 0 Å². The molecule has 1 amide bonds. The SMILES string of the molecule is CC(C)OCCNC(=O)C1CCN(C)CC1. The molecule has 1 rings (SSSR count). The third-order valence-corrected chi connectivity index (χ3v) is 2.94. The first-order valence-corrected chi connectivity index (χ1v) is 6.17. The van der Waals surface area contributed by atoms with Crippen molar-refractivity contribution in [3.8, 4) is 0 Å². The molecule has 0 aromatic heterocycles. The van der Waals surface area contributed by atoms with Gasteiger partial charge >= 0.3 is 0 Å². The zero-order valence-electron chi connectivity index (χ0n) is 10.7. The van der Waals surface area contributed by atoms with Crippen LogP contribution in [0.5, 0.6) is 0 Å². The largest absolute Gasteiger partial charge is 0.377 e. The Labute approximate surface area is 98.3 Å². The molecule has 0 radical (unpaired) electrons. The first-order chi connectivity index (χ1) is 7.59. The number of nitrogens with one attached hydrogen (secondary N) is 1. The number of likely N-dealkylation sites (tertiary alicyclic amines) is 1. The predicted molar refractivity (Wildman–Crippen MR) is 64.3 cm³/mol. The molecule has 1 heterocycles. The number of amides is 1. The minimum atomic E-state index is 0.195. The summed E-state index contributed by atoms with van der Waals surface area (Å²) < 4.78 is 5.37. The molecule has 0 aromatic carbocycles. The van der Waals surface area contributed by atoms with Gasteiger partial charge in [-0.3, -0.25) is 4.79 Å². The quantitative estimate of drug-likeness (QED) is 0.710. The maximum absolute atomic E-state index is 11.8. The van der Waals surface area contributed by atoms with Crippen LogP contribution in [0.25, 0.3) is 0 Å². The fourth-order valence-corrected chi connectivity index (χ4v) is 1.88. The summed E-state index contributed by atoms with van der Waals surface area (Å²) in [5.74, 6) is 0.399. The highest BCUT2D eigenvalue weighted by Crippen LogP contribution is 2.15. The van der Waals surface area contributed by atoms with E-state index in [0.29, 0.717) is 13.2 Å². The van der Waals surface area contributed by atoms with E-state index in [9.17, 15) is 4.79 Å². The minimum absolute atomic E-state index is 0.195. The number of nitrogens with zero attached hydrogens (tertiary/aromatic N) is 1. The fourth-order valence-electron chi connectivity index (χ4n) is 1.88. The molecule has 0 aliphatic carbocycles. The van der Waals surface area contributed by atoms with E-state index in [1.54, 1.807) is 0 Å². The molecule has 1 saturated heterocycles. The number of ether oxygens (including phenoxy) is 1. The molecule has 94 valence electrons. The van der Waals surface area contributed by atoms with Gasteiger partial charge in [-0.1, -0.05) is 0 Å². The molecule has 0 saturated carbocycles. The van der Waals surface area contributed by atoms with Gasteiger partial charge in [0.25, 0.3) is 0 Å². The summed E-state index contributed by atoms with van der Waals surface area (Å²) >= 11 is 0. The second-order valence-electron chi connectivity index (χ2n) is 4.79. The van der Waals surface area contributed by atoms with Crippen molar-refractivity contribution in [2.45, 2.75) is 32.8 Å². The normalized spacial score (nSPS) is 19.0. The molecule has 0 bridgehead atoms. The first kappa shape index (κ1) is 13.5. The molecule has 4 heteroatoms. The maximum Gasteiger partial charge on any atom is 0.223 e. The van der Waals surface area contributed by atoms with Crippen LogP contribution in [0.3, 0.4) is 0 Å². The third kappa shape index (κ3) is 4.94. The average Bonchev–Trinajstić information content (AvgIpc) is 2.25. The van der Waals surface area contributed by atoms with Crippen LogP contribution in [0.1, 0.15) is 26.7 Å². The summed E-state index contributed by atoms with van der Waals surface area (Å²) in [6.07, 6.45) is 2.20. The highest BCUT2D eigenvalue weighted by Gasteiger charge is 2.22. The number of piperidine rings is 1. The summed E-state index contributed by atoms with van der Waals surface area (Å²) in [4.78, 5) is 14.0. The Kier molecular flexibility index (Phi) is 5.77. The minimum Gasteiger partial charge on any atom is -0.377 e. The third-order valence-electron chi connectivity index (χ3n) is 2.94. The van der Waals surface area contributed by atoms with E-state index in [1.165, 1.54) is 0 Å². The van der Waals surface area contributed by atoms with Crippen molar-refractivity contribution in [3.05, 3.63) is 0 Å². The van der Waals surface area contributed by atoms with E-state index in [4.69, 9.17) is 4.74 Å². The highest BCUT2D eigenvalue weighted by molar-refractivity contribution is 5.78. The van der Waals surface area contributed by atoms with Crippen molar-refractivity contribution in [1.29, 1.82) is 0 Å². The smallest absolute Gasteiger partial charge is 0.223 e. The lowest BCUT2D eigenvalue weighted by molar-refractivity contribution is -0.126. The lowest BCUT2D eigenvalue weighted by Crippen LogP contribution is -2.40. The van der Waals surface area contributed by atoms with Gasteiger partial charge in [0.05, 0.1) is 12.7 Å². The number of hydrogen-bond acceptors (Lipinski definition) is 3. The Hall–Kier alpha value is -0.610. The molecule has 16 heavy (non-hydrogen) atoms. The van der Waals surface area contributed by atoms with Crippen molar-refractivity contribution in [2.75, 3.05) is 33.3 Å². The van der Waals surface area contributed by atoms with Gasteiger partial charge in [0, 0.05) is 12.5 Å². The van der Waals surface area contributed by atoms with Crippen LogP contribution in [0.2, 0.25) is 0 Å². The first-order valence-electron chi connectivity index (χ1n) is 6.17. The van der Waals surface area contributed by atoms with Gasteiger partial charge in [-0.05, 0) is 46.8 Å². The molecule has 0 atom stereocenters. The van der Waals surface area contributed by atoms with Crippen LogP contribution < -0.4 is 5.32 Å². The van der Waals surface area contributed by atoms with Gasteiger partial charge in [-0.15, -0.1) is 0 Å². The van der Waals surface area contributed by atoms with Gasteiger partial charge in [0.1, 0.15) is 0 Å². The number of hydrogen-bond donors (Lipinski definition) is 1. The number of carbonyl (C=O) groups is 1. The predicted octanol–water partition coefficient (Wildman–Crippen LogP) is 0.869. The molecule has 0 aromatic rings. The second kappa shape index (κ2) is 6.86. The van der Waals surface area contributed by atoms with Gasteiger partial charge in [-0.2, -0.15) is 0 Å². The van der Waals surface area contributed by atoms with Crippen LogP contribution in [-0.2, 0) is 9.53 Å². The number of rotatable bonds is 5. The standard InChI is InChI=1S/C12H24N2O2/c1-10(2)16-9-6-13-12(15)11-4-7-14(3)8-5-11/h10-11H,4-9H2,1-3H3,(H,13,15). The molecule has 1 aliphatic rings. The van der Waals surface area contributed by atoms with Crippen molar-refractivity contribution in [3.63, 3.8) is 0 Å². The Morgan fingerprint density at radius 1 is 1.44 bits per heavy atom. The molecular weight excluding hydrogens is 204 g/mol. The molecule has 1 fully saturated rings. The molecule has 1 N–H and O–H groups in total. The van der Waals surface area contributed by atoms with Gasteiger partial charge in [-0.25, -0.2) is 0 Å². The van der Waals surface area contributed by atoms with Crippen LogP contribution in [0.4, 0.5) is 0 Å².